The van der Waals surface area contributed by atoms with E-state index in [9.17, 15) is 31.9 Å². The van der Waals surface area contributed by atoms with E-state index in [2.05, 4.69) is 4.84 Å². The standard InChI is InChI=1S/C13H10F4N2O5/c14-7-2-1-6(5-8(7)18-12(23)13(15,16)17)11(22)24-19-9(20)3-4-10(19)21/h1-2,5,12,18,23H,3-4H2. The molecule has 1 aliphatic heterocycles. The first-order chi connectivity index (χ1) is 11.1. The van der Waals surface area contributed by atoms with Gasteiger partial charge in [-0.15, -0.1) is 5.06 Å². The van der Waals surface area contributed by atoms with Gasteiger partial charge >= 0.3 is 12.1 Å². The van der Waals surface area contributed by atoms with Crippen molar-refractivity contribution in [2.45, 2.75) is 25.2 Å². The maximum absolute atomic E-state index is 13.5. The first-order valence-corrected chi connectivity index (χ1v) is 6.48. The Kier molecular flexibility index (Phi) is 4.73. The van der Waals surface area contributed by atoms with Crippen molar-refractivity contribution in [3.63, 3.8) is 0 Å². The van der Waals surface area contributed by atoms with E-state index in [4.69, 9.17) is 5.11 Å². The largest absolute Gasteiger partial charge is 0.433 e. The fourth-order valence-electron chi connectivity index (χ4n) is 1.79. The number of carbonyl (C=O) groups excluding carboxylic acids is 3. The van der Waals surface area contributed by atoms with Crippen molar-refractivity contribution < 1.29 is 41.9 Å². The summed E-state index contributed by atoms with van der Waals surface area (Å²) in [5.74, 6) is -3.91. The van der Waals surface area contributed by atoms with Crippen LogP contribution in [0.1, 0.15) is 23.2 Å². The second-order valence-corrected chi connectivity index (χ2v) is 4.74. The summed E-state index contributed by atoms with van der Waals surface area (Å²) in [6.07, 6.45) is -8.39. The number of hydrogen-bond donors (Lipinski definition) is 2. The molecule has 1 aromatic rings. The number of alkyl halides is 3. The van der Waals surface area contributed by atoms with E-state index in [1.165, 1.54) is 5.32 Å². The van der Waals surface area contributed by atoms with E-state index >= 15 is 0 Å². The number of nitrogens with one attached hydrogen (secondary N) is 1. The Hall–Kier alpha value is -2.69. The van der Waals surface area contributed by atoms with Gasteiger partial charge in [0.05, 0.1) is 11.3 Å². The molecule has 2 amide bonds. The molecule has 1 fully saturated rings. The van der Waals surface area contributed by atoms with E-state index in [-0.39, 0.29) is 17.9 Å². The lowest BCUT2D eigenvalue weighted by Gasteiger charge is -2.18. The van der Waals surface area contributed by atoms with Gasteiger partial charge in [-0.2, -0.15) is 13.2 Å². The fourth-order valence-corrected chi connectivity index (χ4v) is 1.79. The molecule has 1 atom stereocenters. The Morgan fingerprint density at radius 3 is 2.38 bits per heavy atom. The molecule has 0 aliphatic carbocycles. The fraction of sp³-hybridized carbons (Fsp3) is 0.308. The number of benzene rings is 1. The molecule has 2 rings (SSSR count). The minimum atomic E-state index is -5.06. The van der Waals surface area contributed by atoms with Crippen molar-refractivity contribution in [1.29, 1.82) is 0 Å². The second kappa shape index (κ2) is 6.43. The first kappa shape index (κ1) is 17.7. The van der Waals surface area contributed by atoms with Crippen LogP contribution in [0.15, 0.2) is 18.2 Å². The number of rotatable bonds is 4. The van der Waals surface area contributed by atoms with Crippen LogP contribution in [-0.4, -0.2) is 40.4 Å². The molecule has 0 spiro atoms. The van der Waals surface area contributed by atoms with Crippen LogP contribution in [-0.2, 0) is 14.4 Å². The molecule has 1 unspecified atom stereocenters. The van der Waals surface area contributed by atoms with Crippen LogP contribution in [0, 0.1) is 5.82 Å². The summed E-state index contributed by atoms with van der Waals surface area (Å²) >= 11 is 0. The summed E-state index contributed by atoms with van der Waals surface area (Å²) in [5, 5.41) is 10.6. The molecule has 2 N–H and O–H groups in total. The summed E-state index contributed by atoms with van der Waals surface area (Å²) in [5.41, 5.74) is -1.24. The van der Waals surface area contributed by atoms with Crippen molar-refractivity contribution in [1.82, 2.24) is 5.06 Å². The van der Waals surface area contributed by atoms with Gasteiger partial charge in [0, 0.05) is 12.8 Å². The highest BCUT2D eigenvalue weighted by Crippen LogP contribution is 2.25. The van der Waals surface area contributed by atoms with Gasteiger partial charge in [-0.1, -0.05) is 0 Å². The number of aliphatic hydroxyl groups is 1. The number of aliphatic hydroxyl groups excluding tert-OH is 1. The summed E-state index contributed by atoms with van der Waals surface area (Å²) in [6, 6.07) is 2.20. The van der Waals surface area contributed by atoms with E-state index in [0.717, 1.165) is 6.07 Å². The Labute approximate surface area is 131 Å². The van der Waals surface area contributed by atoms with Crippen molar-refractivity contribution in [2.75, 3.05) is 5.32 Å². The molecule has 1 saturated heterocycles. The number of imide groups is 1. The predicted molar refractivity (Wildman–Crippen MR) is 68.6 cm³/mol. The second-order valence-electron chi connectivity index (χ2n) is 4.74. The normalized spacial score (nSPS) is 16.3. The Morgan fingerprint density at radius 1 is 1.25 bits per heavy atom. The number of anilines is 1. The average molecular weight is 350 g/mol. The van der Waals surface area contributed by atoms with Crippen molar-refractivity contribution >= 4 is 23.5 Å². The van der Waals surface area contributed by atoms with E-state index in [0.29, 0.717) is 12.1 Å². The Balaban J connectivity index is 2.16. The molecule has 1 aromatic carbocycles. The zero-order valence-electron chi connectivity index (χ0n) is 11.8. The lowest BCUT2D eigenvalue weighted by atomic mass is 10.2. The van der Waals surface area contributed by atoms with Crippen LogP contribution in [0.25, 0.3) is 0 Å². The van der Waals surface area contributed by atoms with Gasteiger partial charge in [-0.3, -0.25) is 9.59 Å². The highest BCUT2D eigenvalue weighted by molar-refractivity contribution is 6.02. The minimum Gasteiger partial charge on any atom is -0.366 e. The molecule has 0 radical (unpaired) electrons. The van der Waals surface area contributed by atoms with Crippen LogP contribution in [0.5, 0.6) is 0 Å². The first-order valence-electron chi connectivity index (χ1n) is 6.48. The van der Waals surface area contributed by atoms with Gasteiger partial charge in [0.2, 0.25) is 6.23 Å². The number of hydrogen-bond acceptors (Lipinski definition) is 6. The molecule has 11 heteroatoms. The van der Waals surface area contributed by atoms with Gasteiger partial charge < -0.3 is 15.3 Å². The van der Waals surface area contributed by atoms with Crippen LogP contribution in [0.3, 0.4) is 0 Å². The number of nitrogens with zero attached hydrogens (tertiary/aromatic N) is 1. The maximum Gasteiger partial charge on any atom is 0.433 e. The zero-order chi connectivity index (χ0) is 18.1. The van der Waals surface area contributed by atoms with Gasteiger partial charge in [0.25, 0.3) is 11.8 Å². The monoisotopic (exact) mass is 350 g/mol. The molecular weight excluding hydrogens is 340 g/mol. The molecule has 0 aromatic heterocycles. The minimum absolute atomic E-state index is 0.139. The van der Waals surface area contributed by atoms with E-state index in [1.807, 2.05) is 0 Å². The summed E-state index contributed by atoms with van der Waals surface area (Å²) in [4.78, 5) is 39.0. The summed E-state index contributed by atoms with van der Waals surface area (Å²) < 4.78 is 50.3. The summed E-state index contributed by atoms with van der Waals surface area (Å²) in [7, 11) is 0. The third kappa shape index (κ3) is 3.79. The van der Waals surface area contributed by atoms with Crippen molar-refractivity contribution in [2.24, 2.45) is 0 Å². The topological polar surface area (TPSA) is 95.9 Å². The van der Waals surface area contributed by atoms with Gasteiger partial charge in [0.15, 0.2) is 0 Å². The lowest BCUT2D eigenvalue weighted by molar-refractivity contribution is -0.194. The number of hydroxylamine groups is 2. The van der Waals surface area contributed by atoms with E-state index < -0.39 is 47.3 Å². The Bertz CT molecular complexity index is 675. The molecule has 1 aliphatic rings. The smallest absolute Gasteiger partial charge is 0.366 e. The molecule has 1 heterocycles. The van der Waals surface area contributed by atoms with Crippen LogP contribution < -0.4 is 5.32 Å². The van der Waals surface area contributed by atoms with Crippen molar-refractivity contribution in [3.05, 3.63) is 29.6 Å². The van der Waals surface area contributed by atoms with Crippen LogP contribution >= 0.6 is 0 Å². The maximum atomic E-state index is 13.5. The molecule has 7 nitrogen and oxygen atoms in total. The predicted octanol–water partition coefficient (Wildman–Crippen LogP) is 1.34. The van der Waals surface area contributed by atoms with Crippen LogP contribution in [0.2, 0.25) is 0 Å². The van der Waals surface area contributed by atoms with Crippen LogP contribution in [0.4, 0.5) is 23.2 Å². The highest BCUT2D eigenvalue weighted by Gasteiger charge is 2.39. The highest BCUT2D eigenvalue weighted by atomic mass is 19.4. The number of amides is 2. The summed E-state index contributed by atoms with van der Waals surface area (Å²) in [6.45, 7) is 0. The number of halogens is 4. The number of carbonyl (C=O) groups is 3. The molecule has 0 bridgehead atoms. The quantitative estimate of drug-likeness (QED) is 0.483. The van der Waals surface area contributed by atoms with Gasteiger partial charge in [-0.05, 0) is 18.2 Å². The molecule has 130 valence electrons. The average Bonchev–Trinajstić information content (AvgIpc) is 2.80. The van der Waals surface area contributed by atoms with Crippen molar-refractivity contribution in [3.8, 4) is 0 Å². The third-order valence-corrected chi connectivity index (χ3v) is 2.98. The molecular formula is C13H10F4N2O5. The van der Waals surface area contributed by atoms with Gasteiger partial charge in [0.1, 0.15) is 5.82 Å². The van der Waals surface area contributed by atoms with Gasteiger partial charge in [-0.25, -0.2) is 9.18 Å². The SMILES string of the molecule is O=C(ON1C(=O)CCC1=O)c1ccc(F)c(NC(O)C(F)(F)F)c1. The third-order valence-electron chi connectivity index (χ3n) is 2.98. The zero-order valence-corrected chi connectivity index (χ0v) is 11.8. The molecule has 0 saturated carbocycles. The molecule has 24 heavy (non-hydrogen) atoms. The Morgan fingerprint density at radius 2 is 1.83 bits per heavy atom. The van der Waals surface area contributed by atoms with E-state index in [1.54, 1.807) is 0 Å². The lowest BCUT2D eigenvalue weighted by Crippen LogP contribution is -2.36.